The van der Waals surface area contributed by atoms with Crippen LogP contribution in [-0.2, 0) is 26.3 Å². The molecule has 10 nitrogen and oxygen atoms in total. The molecule has 0 aromatic carbocycles. The van der Waals surface area contributed by atoms with E-state index in [9.17, 15) is 14.4 Å². The number of nitrogens with one attached hydrogen (secondary N) is 2. The number of nitrogens with zero attached hydrogens (tertiary/aromatic N) is 4. The third-order valence-corrected chi connectivity index (χ3v) is 7.32. The van der Waals surface area contributed by atoms with Crippen LogP contribution in [0.3, 0.4) is 0 Å². The lowest BCUT2D eigenvalue weighted by Crippen LogP contribution is -2.45. The molecule has 1 aliphatic carbocycles. The van der Waals surface area contributed by atoms with E-state index in [0.717, 1.165) is 51.4 Å². The number of thiazole rings is 1. The highest BCUT2D eigenvalue weighted by atomic mass is 32.1. The Morgan fingerprint density at radius 1 is 1.21 bits per heavy atom. The summed E-state index contributed by atoms with van der Waals surface area (Å²) in [6, 6.07) is 0. The van der Waals surface area contributed by atoms with Crippen LogP contribution in [0, 0.1) is 5.92 Å². The zero-order chi connectivity index (χ0) is 24.0. The molecule has 2 aliphatic rings. The Hall–Kier alpha value is -2.82. The number of aryl methyl sites for hydroxylation is 1. The lowest BCUT2D eigenvalue weighted by molar-refractivity contribution is -0.134. The van der Waals surface area contributed by atoms with Gasteiger partial charge in [0.05, 0.1) is 5.92 Å². The fourth-order valence-electron chi connectivity index (χ4n) is 4.91. The molecule has 0 bridgehead atoms. The van der Waals surface area contributed by atoms with Gasteiger partial charge >= 0.3 is 0 Å². The zero-order valence-electron chi connectivity index (χ0n) is 19.5. The Labute approximate surface area is 202 Å². The molecule has 1 saturated heterocycles. The van der Waals surface area contributed by atoms with Gasteiger partial charge in [-0.1, -0.05) is 30.8 Å². The van der Waals surface area contributed by atoms with Crippen molar-refractivity contribution < 1.29 is 18.9 Å². The maximum atomic E-state index is 12.9. The predicted octanol–water partition coefficient (Wildman–Crippen LogP) is 3.02. The van der Waals surface area contributed by atoms with E-state index in [1.54, 1.807) is 11.1 Å². The quantitative estimate of drug-likeness (QED) is 0.573. The summed E-state index contributed by atoms with van der Waals surface area (Å²) < 4.78 is 5.47. The van der Waals surface area contributed by atoms with Crippen LogP contribution in [-0.4, -0.2) is 50.8 Å². The average Bonchev–Trinajstić information content (AvgIpc) is 3.46. The molecule has 2 fully saturated rings. The summed E-state index contributed by atoms with van der Waals surface area (Å²) >= 11 is 1.37. The number of aromatic nitrogens is 3. The van der Waals surface area contributed by atoms with Gasteiger partial charge in [0.2, 0.25) is 23.6 Å². The molecule has 0 spiro atoms. The maximum absolute atomic E-state index is 12.9. The number of likely N-dealkylation sites (tertiary alicyclic amines) is 1. The first-order valence-corrected chi connectivity index (χ1v) is 12.9. The maximum Gasteiger partial charge on any atom is 0.231 e. The third-order valence-electron chi connectivity index (χ3n) is 6.63. The van der Waals surface area contributed by atoms with Gasteiger partial charge in [-0.05, 0) is 25.7 Å². The molecule has 1 aliphatic heterocycles. The van der Waals surface area contributed by atoms with E-state index in [1.165, 1.54) is 18.3 Å². The lowest BCUT2D eigenvalue weighted by Gasteiger charge is -2.31. The largest absolute Gasteiger partial charge is 0.343 e. The number of amides is 3. The molecule has 3 amide bonds. The van der Waals surface area contributed by atoms with Crippen LogP contribution in [0.25, 0.3) is 0 Å². The molecule has 34 heavy (non-hydrogen) atoms. The summed E-state index contributed by atoms with van der Waals surface area (Å²) in [5.41, 5.74) is -0.598. The predicted molar refractivity (Wildman–Crippen MR) is 126 cm³/mol. The Kier molecular flexibility index (Phi) is 7.91. The van der Waals surface area contributed by atoms with Crippen molar-refractivity contribution >= 4 is 34.2 Å². The highest BCUT2D eigenvalue weighted by molar-refractivity contribution is 7.13. The van der Waals surface area contributed by atoms with Gasteiger partial charge in [0, 0.05) is 44.4 Å². The zero-order valence-corrected chi connectivity index (χ0v) is 20.4. The number of carbonyl (C=O) groups is 3. The van der Waals surface area contributed by atoms with Crippen molar-refractivity contribution in [1.82, 2.24) is 25.3 Å². The molecule has 2 N–H and O–H groups in total. The third kappa shape index (κ3) is 5.99. The number of piperidine rings is 1. The summed E-state index contributed by atoms with van der Waals surface area (Å²) in [6.45, 7) is 2.55. The van der Waals surface area contributed by atoms with E-state index in [1.807, 2.05) is 5.38 Å². The fraction of sp³-hybridized carbons (Fsp3) is 0.652. The van der Waals surface area contributed by atoms with Gasteiger partial charge < -0.3 is 20.1 Å². The molecular formula is C23H32N6O4S. The summed E-state index contributed by atoms with van der Waals surface area (Å²) in [6.07, 6.45) is 9.54. The average molecular weight is 489 g/mol. The van der Waals surface area contributed by atoms with Crippen LogP contribution in [0.15, 0.2) is 16.1 Å². The second kappa shape index (κ2) is 11.1. The van der Waals surface area contributed by atoms with E-state index in [0.29, 0.717) is 36.4 Å². The first kappa shape index (κ1) is 24.3. The highest BCUT2D eigenvalue weighted by Crippen LogP contribution is 2.34. The highest BCUT2D eigenvalue weighted by Gasteiger charge is 2.38. The molecular weight excluding hydrogens is 456 g/mol. The van der Waals surface area contributed by atoms with E-state index < -0.39 is 5.54 Å². The molecule has 0 radical (unpaired) electrons. The van der Waals surface area contributed by atoms with Crippen molar-refractivity contribution in [3.8, 4) is 0 Å². The van der Waals surface area contributed by atoms with E-state index >= 15 is 0 Å². The Balaban J connectivity index is 1.33. The van der Waals surface area contributed by atoms with Gasteiger partial charge in [-0.2, -0.15) is 4.98 Å². The topological polar surface area (TPSA) is 130 Å². The number of anilines is 1. The Bertz CT molecular complexity index is 984. The first-order chi connectivity index (χ1) is 16.4. The van der Waals surface area contributed by atoms with Crippen molar-refractivity contribution in [2.24, 2.45) is 5.92 Å². The first-order valence-electron chi connectivity index (χ1n) is 12.1. The number of hydrogen-bond acceptors (Lipinski definition) is 8. The minimum absolute atomic E-state index is 0.0301. The van der Waals surface area contributed by atoms with Gasteiger partial charge in [-0.3, -0.25) is 14.4 Å². The summed E-state index contributed by atoms with van der Waals surface area (Å²) in [7, 11) is 0. The summed E-state index contributed by atoms with van der Waals surface area (Å²) in [5, 5.41) is 12.5. The second-order valence-electron chi connectivity index (χ2n) is 9.19. The van der Waals surface area contributed by atoms with Crippen LogP contribution >= 0.6 is 11.3 Å². The van der Waals surface area contributed by atoms with E-state index in [-0.39, 0.29) is 30.1 Å². The molecule has 184 valence electrons. The van der Waals surface area contributed by atoms with Crippen molar-refractivity contribution in [1.29, 1.82) is 0 Å². The van der Waals surface area contributed by atoms with Crippen LogP contribution in [0.5, 0.6) is 0 Å². The van der Waals surface area contributed by atoms with Gasteiger partial charge in [-0.25, -0.2) is 4.98 Å². The standard InChI is InChI=1S/C23H32N6O4S/c1-16(30)27-23(10-4-2-3-5-11-23)21-25-18(33-28-21)8-9-19(31)29-13-6-7-17(15-29)20(32)26-22-24-12-14-34-22/h12,14,17H,2-11,13,15H2,1H3,(H,27,30)(H,24,26,32). The fourth-order valence-corrected chi connectivity index (χ4v) is 5.44. The van der Waals surface area contributed by atoms with E-state index in [4.69, 9.17) is 4.52 Å². The SMILES string of the molecule is CC(=O)NC1(c2noc(CCC(=O)N3CCCC(C(=O)Nc4nccs4)C3)n2)CCCCCC1. The molecule has 1 unspecified atom stereocenters. The lowest BCUT2D eigenvalue weighted by atomic mass is 9.89. The van der Waals surface area contributed by atoms with Gasteiger partial charge in [0.25, 0.3) is 0 Å². The molecule has 3 heterocycles. The summed E-state index contributed by atoms with van der Waals surface area (Å²) in [4.78, 5) is 47.7. The second-order valence-corrected chi connectivity index (χ2v) is 10.1. The normalized spacial score (nSPS) is 20.4. The number of rotatable bonds is 7. The van der Waals surface area contributed by atoms with Gasteiger partial charge in [0.1, 0.15) is 5.54 Å². The monoisotopic (exact) mass is 488 g/mol. The van der Waals surface area contributed by atoms with Gasteiger partial charge in [0.15, 0.2) is 11.0 Å². The van der Waals surface area contributed by atoms with Crippen LogP contribution < -0.4 is 10.6 Å². The molecule has 4 rings (SSSR count). The van der Waals surface area contributed by atoms with Crippen molar-refractivity contribution in [3.63, 3.8) is 0 Å². The van der Waals surface area contributed by atoms with Crippen molar-refractivity contribution in [2.75, 3.05) is 18.4 Å². The van der Waals surface area contributed by atoms with Crippen LogP contribution in [0.1, 0.15) is 76.4 Å². The molecule has 1 atom stereocenters. The Morgan fingerprint density at radius 2 is 2.00 bits per heavy atom. The van der Waals surface area contributed by atoms with Crippen LogP contribution in [0.2, 0.25) is 0 Å². The number of carbonyl (C=O) groups excluding carboxylic acids is 3. The summed E-state index contributed by atoms with van der Waals surface area (Å²) in [5.74, 6) is 0.417. The minimum atomic E-state index is -0.598. The molecule has 2 aromatic rings. The Morgan fingerprint density at radius 3 is 2.71 bits per heavy atom. The number of hydrogen-bond donors (Lipinski definition) is 2. The molecule has 1 saturated carbocycles. The van der Waals surface area contributed by atoms with Crippen molar-refractivity contribution in [2.45, 2.75) is 76.7 Å². The van der Waals surface area contributed by atoms with E-state index in [2.05, 4.69) is 25.8 Å². The van der Waals surface area contributed by atoms with Gasteiger partial charge in [-0.15, -0.1) is 11.3 Å². The minimum Gasteiger partial charge on any atom is -0.343 e. The molecule has 2 aromatic heterocycles. The van der Waals surface area contributed by atoms with Crippen LogP contribution in [0.4, 0.5) is 5.13 Å². The smallest absolute Gasteiger partial charge is 0.231 e. The molecule has 11 heteroatoms. The van der Waals surface area contributed by atoms with Crippen molar-refractivity contribution in [3.05, 3.63) is 23.3 Å².